The van der Waals surface area contributed by atoms with E-state index < -0.39 is 10.0 Å². The second-order valence-electron chi connectivity index (χ2n) is 7.16. The Kier molecular flexibility index (Phi) is 11.8. The molecule has 3 N–H and O–H groups in total. The van der Waals surface area contributed by atoms with Crippen molar-refractivity contribution in [1.29, 1.82) is 0 Å². The lowest BCUT2D eigenvalue weighted by molar-refractivity contribution is 0.167. The Balaban J connectivity index is 0.00000420. The van der Waals surface area contributed by atoms with Gasteiger partial charge in [-0.1, -0.05) is 17.7 Å². The number of likely N-dealkylation sites (tertiary alicyclic amines) is 1. The third-order valence-corrected chi connectivity index (χ3v) is 6.42. The maximum Gasteiger partial charge on any atom is 0.240 e. The fourth-order valence-electron chi connectivity index (χ4n) is 3.14. The van der Waals surface area contributed by atoms with Crippen LogP contribution in [0.25, 0.3) is 0 Å². The van der Waals surface area contributed by atoms with Gasteiger partial charge in [-0.2, -0.15) is 0 Å². The molecule has 1 fully saturated rings. The molecule has 0 saturated carbocycles. The lowest BCUT2D eigenvalue weighted by atomic mass is 10.0. The number of nitrogens with zero attached hydrogens (tertiary/aromatic N) is 2. The second-order valence-corrected chi connectivity index (χ2v) is 9.37. The summed E-state index contributed by atoms with van der Waals surface area (Å²) in [5.74, 6) is 0.729. The number of halogens is 2. The van der Waals surface area contributed by atoms with Gasteiger partial charge in [-0.25, -0.2) is 13.1 Å². The smallest absolute Gasteiger partial charge is 0.240 e. The summed E-state index contributed by atoms with van der Waals surface area (Å²) >= 11 is 5.87. The van der Waals surface area contributed by atoms with Crippen LogP contribution >= 0.6 is 35.6 Å². The molecule has 0 amide bonds. The van der Waals surface area contributed by atoms with Crippen molar-refractivity contribution in [2.45, 2.75) is 50.6 Å². The largest absolute Gasteiger partial charge is 0.357 e. The molecule has 2 rings (SSSR count). The molecule has 166 valence electrons. The van der Waals surface area contributed by atoms with E-state index in [9.17, 15) is 8.42 Å². The molecule has 1 aliphatic rings. The zero-order valence-electron chi connectivity index (χ0n) is 17.3. The van der Waals surface area contributed by atoms with Gasteiger partial charge < -0.3 is 15.5 Å². The summed E-state index contributed by atoms with van der Waals surface area (Å²) in [5.41, 5.74) is 0. The van der Waals surface area contributed by atoms with E-state index in [-0.39, 0.29) is 35.4 Å². The van der Waals surface area contributed by atoms with Crippen molar-refractivity contribution in [3.05, 3.63) is 29.3 Å². The number of nitrogens with one attached hydrogen (secondary N) is 3. The minimum Gasteiger partial charge on any atom is -0.357 e. The van der Waals surface area contributed by atoms with Crippen LogP contribution in [0.1, 0.15) is 33.6 Å². The summed E-state index contributed by atoms with van der Waals surface area (Å²) in [7, 11) is -3.58. The van der Waals surface area contributed by atoms with Crippen LogP contribution in [0.3, 0.4) is 0 Å². The van der Waals surface area contributed by atoms with Crippen LogP contribution < -0.4 is 15.4 Å². The van der Waals surface area contributed by atoms with E-state index >= 15 is 0 Å². The molecular formula is C19H33ClIN5O2S. The highest BCUT2D eigenvalue weighted by atomic mass is 127. The first-order chi connectivity index (χ1) is 13.3. The zero-order chi connectivity index (χ0) is 20.6. The maximum absolute atomic E-state index is 12.3. The van der Waals surface area contributed by atoms with Crippen LogP contribution in [0, 0.1) is 0 Å². The third kappa shape index (κ3) is 8.95. The van der Waals surface area contributed by atoms with E-state index in [2.05, 4.69) is 39.1 Å². The molecule has 1 aliphatic heterocycles. The molecule has 0 aliphatic carbocycles. The van der Waals surface area contributed by atoms with Crippen molar-refractivity contribution in [3.63, 3.8) is 0 Å². The molecule has 0 atom stereocenters. The number of aliphatic imine (C=N–C) groups is 1. The van der Waals surface area contributed by atoms with Crippen LogP contribution in [-0.2, 0) is 10.0 Å². The van der Waals surface area contributed by atoms with Gasteiger partial charge in [0, 0.05) is 43.3 Å². The molecule has 1 heterocycles. The van der Waals surface area contributed by atoms with Crippen molar-refractivity contribution in [1.82, 2.24) is 20.3 Å². The Bertz CT molecular complexity index is 753. The predicted octanol–water partition coefficient (Wildman–Crippen LogP) is 2.66. The Morgan fingerprint density at radius 2 is 2.00 bits per heavy atom. The fraction of sp³-hybridized carbons (Fsp3) is 0.632. The Morgan fingerprint density at radius 3 is 2.59 bits per heavy atom. The third-order valence-electron chi connectivity index (χ3n) is 4.73. The molecule has 0 radical (unpaired) electrons. The van der Waals surface area contributed by atoms with E-state index in [4.69, 9.17) is 11.6 Å². The monoisotopic (exact) mass is 557 g/mol. The fourth-order valence-corrected chi connectivity index (χ4v) is 4.46. The molecule has 1 aromatic rings. The Morgan fingerprint density at radius 1 is 1.31 bits per heavy atom. The van der Waals surface area contributed by atoms with Gasteiger partial charge in [0.05, 0.1) is 11.4 Å². The minimum absolute atomic E-state index is 0. The molecule has 29 heavy (non-hydrogen) atoms. The number of rotatable bonds is 8. The number of hydrogen-bond donors (Lipinski definition) is 3. The first-order valence-electron chi connectivity index (χ1n) is 9.86. The van der Waals surface area contributed by atoms with Crippen LogP contribution in [0.15, 0.2) is 34.2 Å². The molecule has 0 unspecified atom stereocenters. The average molecular weight is 558 g/mol. The SMILES string of the molecule is CCNC(=NCCNS(=O)(=O)c1cccc(Cl)c1)NC1CCN(C(C)C)CC1.I. The van der Waals surface area contributed by atoms with E-state index in [1.807, 2.05) is 6.92 Å². The van der Waals surface area contributed by atoms with Crippen LogP contribution in [0.5, 0.6) is 0 Å². The Labute approximate surface area is 197 Å². The maximum atomic E-state index is 12.3. The lowest BCUT2D eigenvalue weighted by Crippen LogP contribution is -2.50. The van der Waals surface area contributed by atoms with Gasteiger partial charge in [0.25, 0.3) is 0 Å². The van der Waals surface area contributed by atoms with Crippen molar-refractivity contribution < 1.29 is 8.42 Å². The molecule has 1 saturated heterocycles. The minimum atomic E-state index is -3.58. The Hall–Kier alpha value is -0.620. The van der Waals surface area contributed by atoms with E-state index in [1.54, 1.807) is 12.1 Å². The van der Waals surface area contributed by atoms with Gasteiger partial charge in [-0.15, -0.1) is 24.0 Å². The van der Waals surface area contributed by atoms with Crippen molar-refractivity contribution in [2.24, 2.45) is 4.99 Å². The molecule has 1 aromatic carbocycles. The topological polar surface area (TPSA) is 85.8 Å². The van der Waals surface area contributed by atoms with E-state index in [0.29, 0.717) is 23.7 Å². The standard InChI is InChI=1S/C19H32ClN5O2S.HI/c1-4-21-19(24-17-8-12-25(13-9-17)15(2)3)22-10-11-23-28(26,27)18-7-5-6-16(20)14-18;/h5-7,14-15,17,23H,4,8-13H2,1-3H3,(H2,21,22,24);1H. The highest BCUT2D eigenvalue weighted by molar-refractivity contribution is 14.0. The quantitative estimate of drug-likeness (QED) is 0.198. The molecule has 0 spiro atoms. The number of guanidine groups is 1. The average Bonchev–Trinajstić information content (AvgIpc) is 2.66. The van der Waals surface area contributed by atoms with Gasteiger partial charge in [-0.3, -0.25) is 4.99 Å². The summed E-state index contributed by atoms with van der Waals surface area (Å²) < 4.78 is 27.2. The highest BCUT2D eigenvalue weighted by Gasteiger charge is 2.21. The summed E-state index contributed by atoms with van der Waals surface area (Å²) in [6.45, 7) is 9.94. The first-order valence-corrected chi connectivity index (χ1v) is 11.7. The first kappa shape index (κ1) is 26.4. The summed E-state index contributed by atoms with van der Waals surface area (Å²) in [6.07, 6.45) is 2.15. The number of hydrogen-bond acceptors (Lipinski definition) is 4. The molecule has 10 heteroatoms. The summed E-state index contributed by atoms with van der Waals surface area (Å²) in [5, 5.41) is 7.09. The van der Waals surface area contributed by atoms with Crippen molar-refractivity contribution >= 4 is 51.6 Å². The van der Waals surface area contributed by atoms with Gasteiger partial charge in [0.2, 0.25) is 10.0 Å². The second kappa shape index (κ2) is 12.9. The van der Waals surface area contributed by atoms with Crippen molar-refractivity contribution in [2.75, 3.05) is 32.7 Å². The number of piperidine rings is 1. The van der Waals surface area contributed by atoms with Crippen LogP contribution in [0.2, 0.25) is 5.02 Å². The zero-order valence-corrected chi connectivity index (χ0v) is 21.2. The van der Waals surface area contributed by atoms with Gasteiger partial charge in [0.15, 0.2) is 5.96 Å². The van der Waals surface area contributed by atoms with Crippen molar-refractivity contribution in [3.8, 4) is 0 Å². The molecular weight excluding hydrogens is 525 g/mol. The molecule has 7 nitrogen and oxygen atoms in total. The summed E-state index contributed by atoms with van der Waals surface area (Å²) in [6, 6.07) is 7.18. The number of benzene rings is 1. The van der Waals surface area contributed by atoms with E-state index in [1.165, 1.54) is 12.1 Å². The lowest BCUT2D eigenvalue weighted by Gasteiger charge is -2.35. The van der Waals surface area contributed by atoms with Gasteiger partial charge in [-0.05, 0) is 51.8 Å². The molecule has 0 aromatic heterocycles. The van der Waals surface area contributed by atoms with E-state index in [0.717, 1.165) is 38.4 Å². The molecule has 0 bridgehead atoms. The van der Waals surface area contributed by atoms with Crippen LogP contribution in [0.4, 0.5) is 0 Å². The van der Waals surface area contributed by atoms with Gasteiger partial charge >= 0.3 is 0 Å². The number of sulfonamides is 1. The van der Waals surface area contributed by atoms with Crippen LogP contribution in [-0.4, -0.2) is 64.1 Å². The highest BCUT2D eigenvalue weighted by Crippen LogP contribution is 2.15. The summed E-state index contributed by atoms with van der Waals surface area (Å²) in [4.78, 5) is 7.14. The predicted molar refractivity (Wildman–Crippen MR) is 131 cm³/mol. The van der Waals surface area contributed by atoms with Gasteiger partial charge in [0.1, 0.15) is 0 Å². The normalized spacial score (nSPS) is 16.5.